The highest BCUT2D eigenvalue weighted by molar-refractivity contribution is 7.14. The summed E-state index contributed by atoms with van der Waals surface area (Å²) < 4.78 is 0. The molecule has 1 aromatic heterocycles. The number of nitrogens with zero attached hydrogens (tertiary/aromatic N) is 3. The fourth-order valence-electron chi connectivity index (χ4n) is 3.24. The smallest absolute Gasteiger partial charge is 0.196 e. The van der Waals surface area contributed by atoms with Crippen molar-refractivity contribution in [2.45, 2.75) is 25.7 Å². The summed E-state index contributed by atoms with van der Waals surface area (Å²) in [4.78, 5) is 20.9. The van der Waals surface area contributed by atoms with Gasteiger partial charge in [-0.1, -0.05) is 0 Å². The number of likely N-dealkylation sites (tertiary alicyclic amines) is 1. The molecular formula is C15H22ClN3OS. The summed E-state index contributed by atoms with van der Waals surface area (Å²) in [5.41, 5.74) is 0.518. The quantitative estimate of drug-likeness (QED) is 0.615. The minimum absolute atomic E-state index is 0.0150. The standard InChI is InChI=1S/C15H22ClN3OS/c16-9-14(20)13-11-21-15(17-13)19-7-3-12(4-8-19)10-18-5-1-2-6-18/h11-12H,1-10H2. The molecule has 0 aliphatic carbocycles. The van der Waals surface area contributed by atoms with Crippen LogP contribution in [0.5, 0.6) is 0 Å². The number of thiazole rings is 1. The molecule has 21 heavy (non-hydrogen) atoms. The number of anilines is 1. The number of carbonyl (C=O) groups excluding carboxylic acids is 1. The SMILES string of the molecule is O=C(CCl)c1csc(N2CCC(CN3CCCC3)CC2)n1. The highest BCUT2D eigenvalue weighted by Crippen LogP contribution is 2.27. The molecule has 2 aliphatic rings. The normalized spacial score (nSPS) is 21.1. The van der Waals surface area contributed by atoms with Crippen LogP contribution in [-0.4, -0.2) is 54.3 Å². The third kappa shape index (κ3) is 3.76. The molecule has 2 saturated heterocycles. The van der Waals surface area contributed by atoms with Crippen molar-refractivity contribution in [3.8, 4) is 0 Å². The first-order valence-corrected chi connectivity index (χ1v) is 9.19. The van der Waals surface area contributed by atoms with E-state index < -0.39 is 0 Å². The topological polar surface area (TPSA) is 36.4 Å². The molecule has 2 aliphatic heterocycles. The van der Waals surface area contributed by atoms with Gasteiger partial charge in [0.1, 0.15) is 5.69 Å². The van der Waals surface area contributed by atoms with Crippen LogP contribution in [-0.2, 0) is 0 Å². The molecule has 0 atom stereocenters. The second kappa shape index (κ2) is 7.07. The zero-order valence-electron chi connectivity index (χ0n) is 12.3. The van der Waals surface area contributed by atoms with E-state index in [1.807, 2.05) is 5.38 Å². The number of ketones is 1. The summed E-state index contributed by atoms with van der Waals surface area (Å²) in [5.74, 6) is 0.757. The van der Waals surface area contributed by atoms with Gasteiger partial charge in [0.25, 0.3) is 0 Å². The minimum Gasteiger partial charge on any atom is -0.348 e. The molecule has 0 radical (unpaired) electrons. The van der Waals surface area contributed by atoms with Crippen molar-refractivity contribution in [2.24, 2.45) is 5.92 Å². The number of piperidine rings is 1. The molecule has 0 spiro atoms. The van der Waals surface area contributed by atoms with Gasteiger partial charge in [0.05, 0.1) is 5.88 Å². The lowest BCUT2D eigenvalue weighted by Crippen LogP contribution is -2.38. The predicted octanol–water partition coefficient (Wildman–Crippen LogP) is 2.88. The van der Waals surface area contributed by atoms with E-state index in [-0.39, 0.29) is 11.7 Å². The Morgan fingerprint density at radius 2 is 2.00 bits per heavy atom. The Morgan fingerprint density at radius 3 is 2.67 bits per heavy atom. The molecule has 0 saturated carbocycles. The maximum atomic E-state index is 11.5. The maximum Gasteiger partial charge on any atom is 0.196 e. The Hall–Kier alpha value is -0.650. The Morgan fingerprint density at radius 1 is 1.29 bits per heavy atom. The first-order chi connectivity index (χ1) is 10.3. The van der Waals surface area contributed by atoms with Crippen LogP contribution in [0.4, 0.5) is 5.13 Å². The number of aromatic nitrogens is 1. The Bertz CT molecular complexity index is 479. The summed E-state index contributed by atoms with van der Waals surface area (Å²) in [6, 6.07) is 0. The van der Waals surface area contributed by atoms with E-state index in [0.717, 1.165) is 24.1 Å². The van der Waals surface area contributed by atoms with Gasteiger partial charge in [-0.05, 0) is 44.7 Å². The van der Waals surface area contributed by atoms with Gasteiger partial charge < -0.3 is 9.80 Å². The van der Waals surface area contributed by atoms with Crippen LogP contribution in [0.15, 0.2) is 5.38 Å². The van der Waals surface area contributed by atoms with Crippen molar-refractivity contribution in [1.82, 2.24) is 9.88 Å². The number of alkyl halides is 1. The summed E-state index contributed by atoms with van der Waals surface area (Å²) in [5, 5.41) is 2.80. The molecule has 116 valence electrons. The van der Waals surface area contributed by atoms with Gasteiger partial charge in [0.15, 0.2) is 10.9 Å². The van der Waals surface area contributed by atoms with Crippen LogP contribution in [0, 0.1) is 5.92 Å². The van der Waals surface area contributed by atoms with Gasteiger partial charge in [-0.2, -0.15) is 0 Å². The molecule has 3 rings (SSSR count). The summed E-state index contributed by atoms with van der Waals surface area (Å²) >= 11 is 7.14. The van der Waals surface area contributed by atoms with Gasteiger partial charge in [0.2, 0.25) is 0 Å². The van der Waals surface area contributed by atoms with Gasteiger partial charge in [0, 0.05) is 25.0 Å². The number of hydrogen-bond acceptors (Lipinski definition) is 5. The van der Waals surface area contributed by atoms with Crippen molar-refractivity contribution >= 4 is 33.9 Å². The Labute approximate surface area is 135 Å². The second-order valence-electron chi connectivity index (χ2n) is 6.01. The van der Waals surface area contributed by atoms with Crippen LogP contribution in [0.2, 0.25) is 0 Å². The molecule has 0 unspecified atom stereocenters. The molecule has 0 bridgehead atoms. The number of halogens is 1. The largest absolute Gasteiger partial charge is 0.348 e. The highest BCUT2D eigenvalue weighted by atomic mass is 35.5. The van der Waals surface area contributed by atoms with E-state index in [1.54, 1.807) is 11.3 Å². The molecular weight excluding hydrogens is 306 g/mol. The molecule has 1 aromatic rings. The molecule has 4 nitrogen and oxygen atoms in total. The van der Waals surface area contributed by atoms with Gasteiger partial charge in [-0.15, -0.1) is 22.9 Å². The molecule has 0 N–H and O–H groups in total. The van der Waals surface area contributed by atoms with Crippen molar-refractivity contribution in [1.29, 1.82) is 0 Å². The maximum absolute atomic E-state index is 11.5. The van der Waals surface area contributed by atoms with E-state index in [2.05, 4.69) is 14.8 Å². The van der Waals surface area contributed by atoms with E-state index in [1.165, 1.54) is 45.3 Å². The summed E-state index contributed by atoms with van der Waals surface area (Å²) in [6.07, 6.45) is 5.20. The lowest BCUT2D eigenvalue weighted by atomic mass is 9.96. The van der Waals surface area contributed by atoms with E-state index in [0.29, 0.717) is 5.69 Å². The predicted molar refractivity (Wildman–Crippen MR) is 87.8 cm³/mol. The summed E-state index contributed by atoms with van der Waals surface area (Å²) in [7, 11) is 0. The number of Topliss-reactive ketones (excluding diaryl/α,β-unsaturated/α-hetero) is 1. The molecule has 2 fully saturated rings. The van der Waals surface area contributed by atoms with Crippen LogP contribution in [0.25, 0.3) is 0 Å². The highest BCUT2D eigenvalue weighted by Gasteiger charge is 2.24. The lowest BCUT2D eigenvalue weighted by Gasteiger charge is -2.33. The summed E-state index contributed by atoms with van der Waals surface area (Å²) in [6.45, 7) is 5.95. The van der Waals surface area contributed by atoms with Crippen molar-refractivity contribution < 1.29 is 4.79 Å². The van der Waals surface area contributed by atoms with Gasteiger partial charge in [-0.25, -0.2) is 4.98 Å². The van der Waals surface area contributed by atoms with Crippen molar-refractivity contribution in [2.75, 3.05) is 43.5 Å². The van der Waals surface area contributed by atoms with E-state index in [4.69, 9.17) is 11.6 Å². The average molecular weight is 328 g/mol. The first-order valence-electron chi connectivity index (χ1n) is 7.78. The van der Waals surface area contributed by atoms with Crippen molar-refractivity contribution in [3.05, 3.63) is 11.1 Å². The molecule has 0 aromatic carbocycles. The van der Waals surface area contributed by atoms with Crippen LogP contribution in [0.1, 0.15) is 36.2 Å². The Kier molecular flexibility index (Phi) is 5.14. The number of carbonyl (C=O) groups is 1. The van der Waals surface area contributed by atoms with Crippen molar-refractivity contribution in [3.63, 3.8) is 0 Å². The van der Waals surface area contributed by atoms with Gasteiger partial charge in [-0.3, -0.25) is 4.79 Å². The van der Waals surface area contributed by atoms with E-state index in [9.17, 15) is 4.79 Å². The van der Waals surface area contributed by atoms with Crippen LogP contribution < -0.4 is 4.90 Å². The number of rotatable bonds is 5. The minimum atomic E-state index is -0.0805. The molecule has 3 heterocycles. The lowest BCUT2D eigenvalue weighted by molar-refractivity contribution is 0.101. The third-order valence-corrected chi connectivity index (χ3v) is 5.64. The number of hydrogen-bond donors (Lipinski definition) is 0. The third-order valence-electron chi connectivity index (χ3n) is 4.50. The first kappa shape index (κ1) is 15.3. The zero-order chi connectivity index (χ0) is 14.7. The van der Waals surface area contributed by atoms with E-state index >= 15 is 0 Å². The fraction of sp³-hybridized carbons (Fsp3) is 0.733. The van der Waals surface area contributed by atoms with Gasteiger partial charge >= 0.3 is 0 Å². The average Bonchev–Trinajstić information content (AvgIpc) is 3.18. The molecule has 0 amide bonds. The second-order valence-corrected chi connectivity index (χ2v) is 7.11. The van der Waals surface area contributed by atoms with Crippen LogP contribution >= 0.6 is 22.9 Å². The fourth-order valence-corrected chi connectivity index (χ4v) is 4.26. The molecule has 6 heteroatoms. The monoisotopic (exact) mass is 327 g/mol. The Balaban J connectivity index is 1.50. The van der Waals surface area contributed by atoms with Crippen LogP contribution in [0.3, 0.4) is 0 Å². The zero-order valence-corrected chi connectivity index (χ0v) is 13.8.